The summed E-state index contributed by atoms with van der Waals surface area (Å²) in [4.78, 5) is 9.75. The van der Waals surface area contributed by atoms with Gasteiger partial charge in [-0.1, -0.05) is 0 Å². The van der Waals surface area contributed by atoms with Gasteiger partial charge in [-0.05, 0) is 6.42 Å². The predicted molar refractivity (Wildman–Crippen MR) is 28.4 cm³/mol. The van der Waals surface area contributed by atoms with Gasteiger partial charge in [-0.2, -0.15) is 0 Å². The molecule has 1 aliphatic rings. The fraction of sp³-hybridized carbons (Fsp3) is 0.800. The normalized spacial score (nSPS) is 34.1. The summed E-state index contributed by atoms with van der Waals surface area (Å²) < 4.78 is 4.90. The van der Waals surface area contributed by atoms with Gasteiger partial charge in [-0.25, -0.2) is 0 Å². The van der Waals surface area contributed by atoms with Crippen LogP contribution in [0.15, 0.2) is 0 Å². The number of hydrogen-bond acceptors (Lipinski definition) is 2. The van der Waals surface area contributed by atoms with E-state index in [0.717, 1.165) is 6.42 Å². The molecule has 3 nitrogen and oxygen atoms in total. The molecule has 0 bridgehead atoms. The van der Waals surface area contributed by atoms with E-state index in [4.69, 9.17) is 4.74 Å². The highest BCUT2D eigenvalue weighted by Gasteiger charge is 2.36. The largest absolute Gasteiger partial charge is 0.379 e. The summed E-state index contributed by atoms with van der Waals surface area (Å²) in [6.07, 6.45) is 1.96. The van der Waals surface area contributed by atoms with Gasteiger partial charge < -0.3 is 10.1 Å². The molecule has 0 spiro atoms. The van der Waals surface area contributed by atoms with Crippen molar-refractivity contribution < 1.29 is 9.53 Å². The van der Waals surface area contributed by atoms with E-state index >= 15 is 0 Å². The Morgan fingerprint density at radius 2 is 2.62 bits per heavy atom. The lowest BCUT2D eigenvalue weighted by molar-refractivity contribution is -0.109. The summed E-state index contributed by atoms with van der Waals surface area (Å²) in [5, 5.41) is 2.61. The zero-order valence-electron chi connectivity index (χ0n) is 4.76. The summed E-state index contributed by atoms with van der Waals surface area (Å²) in [6, 6.07) is 0.289. The van der Waals surface area contributed by atoms with Crippen LogP contribution in [0.3, 0.4) is 0 Å². The second-order valence-corrected chi connectivity index (χ2v) is 1.90. The lowest BCUT2D eigenvalue weighted by atomic mass is 10.7. The quantitative estimate of drug-likeness (QED) is 0.504. The number of ether oxygens (including phenoxy) is 1. The molecule has 1 rings (SSSR count). The Hall–Kier alpha value is -0.570. The van der Waals surface area contributed by atoms with Gasteiger partial charge in [0.15, 0.2) is 0 Å². The molecule has 0 saturated heterocycles. The molecule has 46 valence electrons. The summed E-state index contributed by atoms with van der Waals surface area (Å²) >= 11 is 0. The molecular formula is C5H9NO2. The Bertz CT molecular complexity index is 94.4. The van der Waals surface area contributed by atoms with E-state index in [1.807, 2.05) is 0 Å². The lowest BCUT2D eigenvalue weighted by Gasteiger charge is -1.91. The average Bonchev–Trinajstić information content (AvgIpc) is 2.48. The lowest BCUT2D eigenvalue weighted by Crippen LogP contribution is -2.17. The van der Waals surface area contributed by atoms with E-state index in [-0.39, 0.29) is 12.1 Å². The van der Waals surface area contributed by atoms with Crippen molar-refractivity contribution in [1.82, 2.24) is 5.32 Å². The van der Waals surface area contributed by atoms with Crippen LogP contribution in [-0.2, 0) is 9.53 Å². The highest BCUT2D eigenvalue weighted by atomic mass is 16.5. The molecular weight excluding hydrogens is 106 g/mol. The van der Waals surface area contributed by atoms with Crippen LogP contribution in [0.1, 0.15) is 6.42 Å². The monoisotopic (exact) mass is 115 g/mol. The molecule has 0 heterocycles. The van der Waals surface area contributed by atoms with Gasteiger partial charge in [0.2, 0.25) is 6.41 Å². The fourth-order valence-corrected chi connectivity index (χ4v) is 0.695. The third-order valence-electron chi connectivity index (χ3n) is 1.32. The van der Waals surface area contributed by atoms with E-state index in [1.165, 1.54) is 0 Å². The zero-order chi connectivity index (χ0) is 5.98. The van der Waals surface area contributed by atoms with Gasteiger partial charge in [0.25, 0.3) is 0 Å². The Kier molecular flexibility index (Phi) is 1.48. The van der Waals surface area contributed by atoms with E-state index < -0.39 is 0 Å². The van der Waals surface area contributed by atoms with Crippen LogP contribution in [0.4, 0.5) is 0 Å². The Labute approximate surface area is 48.0 Å². The number of methoxy groups -OCH3 is 1. The van der Waals surface area contributed by atoms with Gasteiger partial charge >= 0.3 is 0 Å². The van der Waals surface area contributed by atoms with E-state index in [9.17, 15) is 4.79 Å². The van der Waals surface area contributed by atoms with E-state index in [1.54, 1.807) is 7.11 Å². The van der Waals surface area contributed by atoms with Gasteiger partial charge in [0.1, 0.15) is 0 Å². The average molecular weight is 115 g/mol. The molecule has 2 unspecified atom stereocenters. The smallest absolute Gasteiger partial charge is 0.207 e. The first-order valence-electron chi connectivity index (χ1n) is 2.61. The van der Waals surface area contributed by atoms with Crippen LogP contribution in [-0.4, -0.2) is 25.7 Å². The van der Waals surface area contributed by atoms with Crippen molar-refractivity contribution in [3.05, 3.63) is 0 Å². The molecule has 3 heteroatoms. The summed E-state index contributed by atoms with van der Waals surface area (Å²) in [5.41, 5.74) is 0. The minimum atomic E-state index is 0.278. The maximum atomic E-state index is 9.75. The van der Waals surface area contributed by atoms with Crippen LogP contribution in [0.5, 0.6) is 0 Å². The van der Waals surface area contributed by atoms with E-state index in [2.05, 4.69) is 5.32 Å². The molecule has 2 atom stereocenters. The zero-order valence-corrected chi connectivity index (χ0v) is 4.76. The molecule has 0 aliphatic heterocycles. The summed E-state index contributed by atoms with van der Waals surface area (Å²) in [7, 11) is 1.65. The first kappa shape index (κ1) is 5.56. The molecule has 1 fully saturated rings. The highest BCUT2D eigenvalue weighted by molar-refractivity contribution is 5.47. The number of nitrogens with one attached hydrogen (secondary N) is 1. The third-order valence-corrected chi connectivity index (χ3v) is 1.32. The number of hydrogen-bond donors (Lipinski definition) is 1. The van der Waals surface area contributed by atoms with E-state index in [0.29, 0.717) is 6.41 Å². The van der Waals surface area contributed by atoms with Crippen LogP contribution in [0.2, 0.25) is 0 Å². The predicted octanol–water partition coefficient (Wildman–Crippen LogP) is -0.480. The molecule has 1 amide bonds. The van der Waals surface area contributed by atoms with Crippen molar-refractivity contribution in [3.8, 4) is 0 Å². The van der Waals surface area contributed by atoms with Crippen molar-refractivity contribution in [2.45, 2.75) is 18.6 Å². The SMILES string of the molecule is COC1CC1NC=O. The van der Waals surface area contributed by atoms with Crippen LogP contribution in [0, 0.1) is 0 Å². The van der Waals surface area contributed by atoms with Crippen LogP contribution in [0.25, 0.3) is 0 Å². The minimum Gasteiger partial charge on any atom is -0.379 e. The first-order valence-corrected chi connectivity index (χ1v) is 2.61. The number of carbonyl (C=O) groups excluding carboxylic acids is 1. The molecule has 8 heavy (non-hydrogen) atoms. The van der Waals surface area contributed by atoms with Crippen LogP contribution < -0.4 is 5.32 Å². The molecule has 1 aliphatic carbocycles. The Balaban J connectivity index is 2.07. The number of amides is 1. The molecule has 0 radical (unpaired) electrons. The van der Waals surface area contributed by atoms with Gasteiger partial charge in [0, 0.05) is 7.11 Å². The topological polar surface area (TPSA) is 38.3 Å². The molecule has 0 aromatic heterocycles. The molecule has 0 aromatic rings. The van der Waals surface area contributed by atoms with Gasteiger partial charge in [-0.3, -0.25) is 4.79 Å². The highest BCUT2D eigenvalue weighted by Crippen LogP contribution is 2.23. The molecule has 1 saturated carbocycles. The third kappa shape index (κ3) is 0.980. The minimum absolute atomic E-state index is 0.278. The standard InChI is InChI=1S/C5H9NO2/c1-8-5-2-4(5)6-3-7/h3-5H,2H2,1H3,(H,6,7). The number of rotatable bonds is 3. The maximum Gasteiger partial charge on any atom is 0.207 e. The Morgan fingerprint density at radius 1 is 1.88 bits per heavy atom. The molecule has 0 aromatic carbocycles. The maximum absolute atomic E-state index is 9.75. The van der Waals surface area contributed by atoms with Gasteiger partial charge in [-0.15, -0.1) is 0 Å². The Morgan fingerprint density at radius 3 is 3.00 bits per heavy atom. The number of carbonyl (C=O) groups is 1. The fourth-order valence-electron chi connectivity index (χ4n) is 0.695. The van der Waals surface area contributed by atoms with Crippen molar-refractivity contribution in [2.75, 3.05) is 7.11 Å². The first-order chi connectivity index (χ1) is 3.88. The van der Waals surface area contributed by atoms with Gasteiger partial charge in [0.05, 0.1) is 12.1 Å². The van der Waals surface area contributed by atoms with Crippen molar-refractivity contribution in [1.29, 1.82) is 0 Å². The van der Waals surface area contributed by atoms with Crippen molar-refractivity contribution in [2.24, 2.45) is 0 Å². The van der Waals surface area contributed by atoms with Crippen LogP contribution >= 0.6 is 0 Å². The van der Waals surface area contributed by atoms with Crippen molar-refractivity contribution in [3.63, 3.8) is 0 Å². The summed E-state index contributed by atoms with van der Waals surface area (Å²) in [6.45, 7) is 0. The molecule has 1 N–H and O–H groups in total. The van der Waals surface area contributed by atoms with Crippen molar-refractivity contribution >= 4 is 6.41 Å². The summed E-state index contributed by atoms with van der Waals surface area (Å²) in [5.74, 6) is 0. The second kappa shape index (κ2) is 2.13. The second-order valence-electron chi connectivity index (χ2n) is 1.90.